The summed E-state index contributed by atoms with van der Waals surface area (Å²) in [6.07, 6.45) is -4.70. The number of benzene rings is 2. The number of anilines is 1. The monoisotopic (exact) mass is 471 g/mol. The number of ether oxygens (including phenoxy) is 1. The smallest absolute Gasteiger partial charge is 0.383 e. The number of sulfonamides is 1. The first-order valence-corrected chi connectivity index (χ1v) is 11.1. The average Bonchev–Trinajstić information content (AvgIpc) is 2.74. The zero-order valence-electron chi connectivity index (χ0n) is 17.4. The van der Waals surface area contributed by atoms with Crippen LogP contribution in [0.15, 0.2) is 41.3 Å². The van der Waals surface area contributed by atoms with Crippen LogP contribution in [0.4, 0.5) is 23.2 Å². The fraction of sp³-hybridized carbons (Fsp3) is 0.381. The van der Waals surface area contributed by atoms with E-state index < -0.39 is 39.2 Å². The lowest BCUT2D eigenvalue weighted by molar-refractivity contribution is -0.137. The molecule has 0 saturated carbocycles. The van der Waals surface area contributed by atoms with E-state index in [9.17, 15) is 26.0 Å². The molecule has 11 heteroatoms. The minimum Gasteiger partial charge on any atom is -0.383 e. The molecular formula is C21H21F4N3O3S. The third kappa shape index (κ3) is 4.72. The number of piperazine rings is 1. The van der Waals surface area contributed by atoms with Crippen molar-refractivity contribution in [2.45, 2.75) is 24.0 Å². The Labute approximate surface area is 183 Å². The first-order chi connectivity index (χ1) is 15.0. The molecule has 0 bridgehead atoms. The van der Waals surface area contributed by atoms with E-state index in [-0.39, 0.29) is 42.4 Å². The van der Waals surface area contributed by atoms with Crippen molar-refractivity contribution >= 4 is 15.7 Å². The molecule has 1 fully saturated rings. The summed E-state index contributed by atoms with van der Waals surface area (Å²) in [4.78, 5) is 1.56. The lowest BCUT2D eigenvalue weighted by atomic mass is 10.1. The van der Waals surface area contributed by atoms with Gasteiger partial charge >= 0.3 is 6.18 Å². The van der Waals surface area contributed by atoms with Crippen LogP contribution in [0, 0.1) is 24.1 Å². The van der Waals surface area contributed by atoms with E-state index in [2.05, 4.69) is 0 Å². The summed E-state index contributed by atoms with van der Waals surface area (Å²) in [6, 6.07) is 7.78. The second-order valence-electron chi connectivity index (χ2n) is 7.42. The Morgan fingerprint density at radius 3 is 2.50 bits per heavy atom. The Morgan fingerprint density at radius 1 is 1.19 bits per heavy atom. The van der Waals surface area contributed by atoms with Crippen molar-refractivity contribution in [3.05, 3.63) is 58.9 Å². The highest BCUT2D eigenvalue weighted by molar-refractivity contribution is 7.89. The van der Waals surface area contributed by atoms with Crippen LogP contribution in [-0.2, 0) is 20.9 Å². The predicted octanol–water partition coefficient (Wildman–Crippen LogP) is 3.55. The van der Waals surface area contributed by atoms with Crippen molar-refractivity contribution in [1.29, 1.82) is 5.26 Å². The van der Waals surface area contributed by atoms with Gasteiger partial charge in [0, 0.05) is 32.4 Å². The van der Waals surface area contributed by atoms with Crippen molar-refractivity contribution in [1.82, 2.24) is 4.31 Å². The molecule has 1 saturated heterocycles. The highest BCUT2D eigenvalue weighted by atomic mass is 32.2. The van der Waals surface area contributed by atoms with Crippen LogP contribution in [0.5, 0.6) is 0 Å². The molecule has 1 heterocycles. The highest BCUT2D eigenvalue weighted by Gasteiger charge is 2.38. The summed E-state index contributed by atoms with van der Waals surface area (Å²) in [7, 11) is -2.59. The van der Waals surface area contributed by atoms with Crippen molar-refractivity contribution in [3.63, 3.8) is 0 Å². The molecule has 0 aliphatic carbocycles. The molecule has 172 valence electrons. The molecular weight excluding hydrogens is 450 g/mol. The van der Waals surface area contributed by atoms with Gasteiger partial charge in [0.2, 0.25) is 10.0 Å². The molecule has 3 rings (SSSR count). The minimum atomic E-state index is -4.70. The molecule has 0 N–H and O–H groups in total. The van der Waals surface area contributed by atoms with Gasteiger partial charge in [0.1, 0.15) is 5.82 Å². The maximum atomic E-state index is 13.6. The first kappa shape index (κ1) is 24.0. The van der Waals surface area contributed by atoms with Crippen molar-refractivity contribution in [2.75, 3.05) is 38.3 Å². The first-order valence-electron chi connectivity index (χ1n) is 9.62. The minimum absolute atomic E-state index is 0.00582. The quantitative estimate of drug-likeness (QED) is 0.624. The summed E-state index contributed by atoms with van der Waals surface area (Å²) < 4.78 is 86.4. The third-order valence-corrected chi connectivity index (χ3v) is 7.27. The van der Waals surface area contributed by atoms with Gasteiger partial charge in [0.05, 0.1) is 34.7 Å². The SMILES string of the molecule is COCC1CN(c2ccc(C#N)c(C(F)(F)F)c2)CCN1S(=O)(=O)c1ccc(F)c(C)c1. The normalized spacial score (nSPS) is 17.9. The van der Waals surface area contributed by atoms with Gasteiger partial charge in [-0.25, -0.2) is 12.8 Å². The molecule has 1 aliphatic rings. The number of hydrogen-bond acceptors (Lipinski definition) is 5. The van der Waals surface area contributed by atoms with Crippen LogP contribution < -0.4 is 4.90 Å². The van der Waals surface area contributed by atoms with Gasteiger partial charge in [-0.2, -0.15) is 22.7 Å². The zero-order valence-corrected chi connectivity index (χ0v) is 18.2. The van der Waals surface area contributed by atoms with E-state index in [0.717, 1.165) is 18.2 Å². The number of alkyl halides is 3. The number of nitrogens with zero attached hydrogens (tertiary/aromatic N) is 3. The van der Waals surface area contributed by atoms with Crippen LogP contribution in [0.1, 0.15) is 16.7 Å². The summed E-state index contributed by atoms with van der Waals surface area (Å²) >= 11 is 0. The summed E-state index contributed by atoms with van der Waals surface area (Å²) in [5.41, 5.74) is -1.11. The van der Waals surface area contributed by atoms with E-state index in [1.165, 1.54) is 36.5 Å². The van der Waals surface area contributed by atoms with Crippen molar-refractivity contribution < 1.29 is 30.7 Å². The molecule has 0 amide bonds. The van der Waals surface area contributed by atoms with E-state index in [4.69, 9.17) is 10.00 Å². The van der Waals surface area contributed by atoms with Crippen molar-refractivity contribution in [2.24, 2.45) is 0 Å². The standard InChI is InChI=1S/C21H21F4N3O3S/c1-14-9-18(5-6-20(14)22)32(29,30)28-8-7-27(12-17(28)13-31-2)16-4-3-15(11-26)19(10-16)21(23,24)25/h3-6,9-10,17H,7-8,12-13H2,1-2H3. The van der Waals surface area contributed by atoms with Gasteiger partial charge in [0.15, 0.2) is 0 Å². The lowest BCUT2D eigenvalue weighted by Crippen LogP contribution is -2.56. The van der Waals surface area contributed by atoms with Crippen molar-refractivity contribution in [3.8, 4) is 6.07 Å². The summed E-state index contributed by atoms with van der Waals surface area (Å²) in [6.45, 7) is 1.67. The van der Waals surface area contributed by atoms with E-state index in [1.54, 1.807) is 11.0 Å². The van der Waals surface area contributed by atoms with Crippen LogP contribution >= 0.6 is 0 Å². The van der Waals surface area contributed by atoms with Gasteiger partial charge in [-0.3, -0.25) is 0 Å². The van der Waals surface area contributed by atoms with Gasteiger partial charge < -0.3 is 9.64 Å². The molecule has 2 aromatic rings. The maximum absolute atomic E-state index is 13.6. The fourth-order valence-electron chi connectivity index (χ4n) is 3.69. The largest absolute Gasteiger partial charge is 0.417 e. The summed E-state index contributed by atoms with van der Waals surface area (Å²) in [5.74, 6) is -0.525. The Hall–Kier alpha value is -2.68. The Balaban J connectivity index is 1.92. The average molecular weight is 471 g/mol. The van der Waals surface area contributed by atoms with E-state index >= 15 is 0 Å². The predicted molar refractivity (Wildman–Crippen MR) is 109 cm³/mol. The number of aryl methyl sites for hydroxylation is 1. The van der Waals surface area contributed by atoms with Crippen LogP contribution in [0.3, 0.4) is 0 Å². The summed E-state index contributed by atoms with van der Waals surface area (Å²) in [5, 5.41) is 8.99. The Bertz CT molecular complexity index is 1150. The van der Waals surface area contributed by atoms with Gasteiger partial charge in [0.25, 0.3) is 0 Å². The van der Waals surface area contributed by atoms with Crippen LogP contribution in [0.2, 0.25) is 0 Å². The number of nitriles is 1. The second kappa shape index (κ2) is 9.05. The molecule has 0 aromatic heterocycles. The molecule has 1 aliphatic heterocycles. The highest BCUT2D eigenvalue weighted by Crippen LogP contribution is 2.35. The fourth-order valence-corrected chi connectivity index (χ4v) is 5.37. The molecule has 1 atom stereocenters. The maximum Gasteiger partial charge on any atom is 0.417 e. The van der Waals surface area contributed by atoms with E-state index in [1.807, 2.05) is 0 Å². The molecule has 2 aromatic carbocycles. The molecule has 1 unspecified atom stereocenters. The van der Waals surface area contributed by atoms with Crippen LogP contribution in [-0.4, -0.2) is 52.1 Å². The zero-order chi connectivity index (χ0) is 23.7. The van der Waals surface area contributed by atoms with Gasteiger partial charge in [-0.1, -0.05) is 0 Å². The molecule has 6 nitrogen and oxygen atoms in total. The Morgan fingerprint density at radius 2 is 1.91 bits per heavy atom. The molecule has 32 heavy (non-hydrogen) atoms. The number of halogens is 4. The second-order valence-corrected chi connectivity index (χ2v) is 9.31. The van der Waals surface area contributed by atoms with Gasteiger partial charge in [-0.05, 0) is 48.9 Å². The number of rotatable bonds is 5. The lowest BCUT2D eigenvalue weighted by Gasteiger charge is -2.41. The van der Waals surface area contributed by atoms with E-state index in [0.29, 0.717) is 0 Å². The number of methoxy groups -OCH3 is 1. The van der Waals surface area contributed by atoms with Gasteiger partial charge in [-0.15, -0.1) is 0 Å². The third-order valence-electron chi connectivity index (χ3n) is 5.32. The van der Waals surface area contributed by atoms with Crippen LogP contribution in [0.25, 0.3) is 0 Å². The number of hydrogen-bond donors (Lipinski definition) is 0. The topological polar surface area (TPSA) is 73.6 Å². The molecule has 0 spiro atoms. The Kier molecular flexibility index (Phi) is 6.78. The molecule has 0 radical (unpaired) electrons.